The molecule has 1 aliphatic heterocycles. The zero-order valence-corrected chi connectivity index (χ0v) is 21.3. The van der Waals surface area contributed by atoms with Crippen LogP contribution in [-0.4, -0.2) is 33.8 Å². The molecular weight excluding hydrogens is 466 g/mol. The SMILES string of the molecule is O=C(CC1CSC(=NC2CCCCC2)N1Cc1ccccc1)Nc1ccc(Oc2ccccc2)cc1. The van der Waals surface area contributed by atoms with E-state index in [4.69, 9.17) is 9.73 Å². The minimum absolute atomic E-state index is 0.0225. The minimum Gasteiger partial charge on any atom is -0.457 e. The lowest BCUT2D eigenvalue weighted by Gasteiger charge is -2.27. The van der Waals surface area contributed by atoms with E-state index in [-0.39, 0.29) is 11.9 Å². The number of aliphatic imine (C=N–C) groups is 1. The van der Waals surface area contributed by atoms with E-state index in [0.29, 0.717) is 12.5 Å². The molecule has 1 saturated heterocycles. The van der Waals surface area contributed by atoms with Crippen LogP contribution in [0.3, 0.4) is 0 Å². The van der Waals surface area contributed by atoms with Gasteiger partial charge in [0, 0.05) is 30.4 Å². The number of carbonyl (C=O) groups excluding carboxylic acids is 1. The minimum atomic E-state index is 0.0225. The highest BCUT2D eigenvalue weighted by Gasteiger charge is 2.32. The highest BCUT2D eigenvalue weighted by molar-refractivity contribution is 8.14. The Morgan fingerprint density at radius 3 is 2.28 bits per heavy atom. The van der Waals surface area contributed by atoms with Crippen molar-refractivity contribution in [3.63, 3.8) is 0 Å². The second-order valence-electron chi connectivity index (χ2n) is 9.47. The second kappa shape index (κ2) is 12.1. The molecule has 6 heteroatoms. The van der Waals surface area contributed by atoms with Gasteiger partial charge in [-0.2, -0.15) is 0 Å². The summed E-state index contributed by atoms with van der Waals surface area (Å²) in [6.07, 6.45) is 6.66. The van der Waals surface area contributed by atoms with Gasteiger partial charge in [0.1, 0.15) is 11.5 Å². The molecule has 3 aromatic rings. The lowest BCUT2D eigenvalue weighted by Crippen LogP contribution is -2.37. The van der Waals surface area contributed by atoms with E-state index >= 15 is 0 Å². The molecule has 5 rings (SSSR count). The number of hydrogen-bond donors (Lipinski definition) is 1. The molecule has 2 fully saturated rings. The normalized spacial score (nSPS) is 19.4. The maximum absolute atomic E-state index is 13.0. The molecule has 1 heterocycles. The highest BCUT2D eigenvalue weighted by Crippen LogP contribution is 2.31. The van der Waals surface area contributed by atoms with Gasteiger partial charge in [-0.1, -0.05) is 79.6 Å². The molecule has 1 saturated carbocycles. The van der Waals surface area contributed by atoms with Crippen molar-refractivity contribution in [3.05, 3.63) is 90.5 Å². The number of amides is 1. The first kappa shape index (κ1) is 24.4. The Bertz CT molecular complexity index is 1150. The highest BCUT2D eigenvalue weighted by atomic mass is 32.2. The standard InChI is InChI=1S/C30H33N3O2S/c34-29(31-25-16-18-28(19-17-25)35-27-14-8-3-9-15-27)20-26-22-36-30(32-24-12-6-2-7-13-24)33(26)21-23-10-4-1-5-11-23/h1,3-5,8-11,14-19,24,26H,2,6-7,12-13,20-22H2,(H,31,34). The van der Waals surface area contributed by atoms with Crippen LogP contribution in [0.5, 0.6) is 11.5 Å². The van der Waals surface area contributed by atoms with Crippen LogP contribution in [-0.2, 0) is 11.3 Å². The average Bonchev–Trinajstić information content (AvgIpc) is 3.27. The molecule has 1 atom stereocenters. The van der Waals surface area contributed by atoms with E-state index in [9.17, 15) is 4.79 Å². The van der Waals surface area contributed by atoms with Crippen molar-refractivity contribution in [2.24, 2.45) is 4.99 Å². The molecule has 5 nitrogen and oxygen atoms in total. The first-order valence-electron chi connectivity index (χ1n) is 12.9. The van der Waals surface area contributed by atoms with Crippen LogP contribution >= 0.6 is 11.8 Å². The average molecular weight is 500 g/mol. The van der Waals surface area contributed by atoms with Crippen LogP contribution in [0.1, 0.15) is 44.1 Å². The van der Waals surface area contributed by atoms with E-state index in [1.54, 1.807) is 11.8 Å². The predicted molar refractivity (Wildman–Crippen MR) is 149 cm³/mol. The molecule has 186 valence electrons. The van der Waals surface area contributed by atoms with Crippen molar-refractivity contribution in [2.45, 2.75) is 57.2 Å². The summed E-state index contributed by atoms with van der Waals surface area (Å²) in [7, 11) is 0. The number of nitrogens with zero attached hydrogens (tertiary/aromatic N) is 2. The van der Waals surface area contributed by atoms with Crippen LogP contribution in [0.4, 0.5) is 5.69 Å². The van der Waals surface area contributed by atoms with E-state index in [0.717, 1.165) is 34.7 Å². The summed E-state index contributed by atoms with van der Waals surface area (Å²) in [5.74, 6) is 2.44. The fraction of sp³-hybridized carbons (Fsp3) is 0.333. The maximum atomic E-state index is 13.0. The molecule has 1 N–H and O–H groups in total. The van der Waals surface area contributed by atoms with Gasteiger partial charge >= 0.3 is 0 Å². The molecule has 3 aromatic carbocycles. The third kappa shape index (κ3) is 6.70. The number of amidine groups is 1. The lowest BCUT2D eigenvalue weighted by atomic mass is 9.96. The molecule has 0 spiro atoms. The predicted octanol–water partition coefficient (Wildman–Crippen LogP) is 7.11. The number of anilines is 1. The van der Waals surface area contributed by atoms with E-state index < -0.39 is 0 Å². The van der Waals surface area contributed by atoms with Gasteiger partial charge in [0.25, 0.3) is 0 Å². The van der Waals surface area contributed by atoms with Crippen molar-refractivity contribution >= 4 is 28.5 Å². The molecule has 0 radical (unpaired) electrons. The molecule has 1 amide bonds. The van der Waals surface area contributed by atoms with E-state index in [1.807, 2.05) is 60.7 Å². The van der Waals surface area contributed by atoms with Gasteiger partial charge in [0.15, 0.2) is 5.17 Å². The largest absolute Gasteiger partial charge is 0.457 e. The summed E-state index contributed by atoms with van der Waals surface area (Å²) < 4.78 is 5.86. The quantitative estimate of drug-likeness (QED) is 0.359. The topological polar surface area (TPSA) is 53.9 Å². The number of nitrogens with one attached hydrogen (secondary N) is 1. The Balaban J connectivity index is 1.22. The summed E-state index contributed by atoms with van der Waals surface area (Å²) in [5.41, 5.74) is 2.02. The first-order valence-corrected chi connectivity index (χ1v) is 13.9. The summed E-state index contributed by atoms with van der Waals surface area (Å²) in [4.78, 5) is 20.5. The summed E-state index contributed by atoms with van der Waals surface area (Å²) >= 11 is 1.80. The zero-order chi connectivity index (χ0) is 24.6. The van der Waals surface area contributed by atoms with Crippen LogP contribution < -0.4 is 10.1 Å². The number of rotatable bonds is 8. The van der Waals surface area contributed by atoms with Crippen LogP contribution in [0.25, 0.3) is 0 Å². The number of benzene rings is 3. The second-order valence-corrected chi connectivity index (χ2v) is 10.5. The molecule has 1 aliphatic carbocycles. The fourth-order valence-electron chi connectivity index (χ4n) is 4.78. The number of ether oxygens (including phenoxy) is 1. The van der Waals surface area contributed by atoms with Crippen molar-refractivity contribution in [2.75, 3.05) is 11.1 Å². The number of thioether (sulfide) groups is 1. The van der Waals surface area contributed by atoms with Gasteiger partial charge < -0.3 is 15.0 Å². The monoisotopic (exact) mass is 499 g/mol. The van der Waals surface area contributed by atoms with Gasteiger partial charge in [0.2, 0.25) is 5.91 Å². The number of para-hydroxylation sites is 1. The summed E-state index contributed by atoms with van der Waals surface area (Å²) in [5, 5.41) is 4.17. The van der Waals surface area contributed by atoms with Crippen molar-refractivity contribution in [1.82, 2.24) is 4.90 Å². The Labute approximate surface area is 218 Å². The van der Waals surface area contributed by atoms with Gasteiger partial charge in [-0.25, -0.2) is 0 Å². The smallest absolute Gasteiger partial charge is 0.226 e. The van der Waals surface area contributed by atoms with Gasteiger partial charge in [-0.3, -0.25) is 9.79 Å². The molecule has 0 bridgehead atoms. The molecular formula is C30H33N3O2S. The van der Waals surface area contributed by atoms with Crippen LogP contribution in [0.15, 0.2) is 89.9 Å². The van der Waals surface area contributed by atoms with E-state index in [1.165, 1.54) is 37.7 Å². The van der Waals surface area contributed by atoms with Crippen LogP contribution in [0.2, 0.25) is 0 Å². The zero-order valence-electron chi connectivity index (χ0n) is 20.5. The maximum Gasteiger partial charge on any atom is 0.226 e. The Morgan fingerprint density at radius 1 is 0.889 bits per heavy atom. The molecule has 0 aromatic heterocycles. The third-order valence-electron chi connectivity index (χ3n) is 6.69. The Morgan fingerprint density at radius 2 is 1.56 bits per heavy atom. The van der Waals surface area contributed by atoms with Crippen molar-refractivity contribution < 1.29 is 9.53 Å². The van der Waals surface area contributed by atoms with E-state index in [2.05, 4.69) is 34.5 Å². The Hall–Kier alpha value is -3.25. The Kier molecular flexibility index (Phi) is 8.24. The van der Waals surface area contributed by atoms with Gasteiger partial charge in [-0.05, 0) is 54.8 Å². The molecule has 36 heavy (non-hydrogen) atoms. The molecule has 2 aliphatic rings. The van der Waals surface area contributed by atoms with Crippen LogP contribution in [0, 0.1) is 0 Å². The fourth-order valence-corrected chi connectivity index (χ4v) is 6.02. The summed E-state index contributed by atoms with van der Waals surface area (Å²) in [6.45, 7) is 0.781. The first-order chi connectivity index (χ1) is 17.7. The lowest BCUT2D eigenvalue weighted by molar-refractivity contribution is -0.116. The van der Waals surface area contributed by atoms with Gasteiger partial charge in [-0.15, -0.1) is 0 Å². The third-order valence-corrected chi connectivity index (χ3v) is 7.84. The molecule has 1 unspecified atom stereocenters. The number of carbonyl (C=O) groups is 1. The van der Waals surface area contributed by atoms with Gasteiger partial charge in [0.05, 0.1) is 6.04 Å². The van der Waals surface area contributed by atoms with Crippen molar-refractivity contribution in [3.8, 4) is 11.5 Å². The number of hydrogen-bond acceptors (Lipinski definition) is 4. The summed E-state index contributed by atoms with van der Waals surface area (Å²) in [6, 6.07) is 28.2. The van der Waals surface area contributed by atoms with Crippen molar-refractivity contribution in [1.29, 1.82) is 0 Å².